The number of fused-ring (bicyclic) bond motifs is 2. The Morgan fingerprint density at radius 3 is 2.92 bits per heavy atom. The molecule has 0 spiro atoms. The highest BCUT2D eigenvalue weighted by atomic mass is 16.5. The molecule has 0 fully saturated rings. The third-order valence-electron chi connectivity index (χ3n) is 2.44. The van der Waals surface area contributed by atoms with Crippen molar-refractivity contribution < 1.29 is 4.74 Å². The molecule has 0 atom stereocenters. The van der Waals surface area contributed by atoms with Crippen LogP contribution in [0, 0.1) is 0 Å². The maximum Gasteiger partial charge on any atom is 0.0725 e. The molecule has 3 rings (SSSR count). The summed E-state index contributed by atoms with van der Waals surface area (Å²) in [5.74, 6) is 0. The highest BCUT2D eigenvalue weighted by molar-refractivity contribution is 5.80. The molecule has 0 N–H and O–H groups in total. The van der Waals surface area contributed by atoms with Crippen LogP contribution in [0.3, 0.4) is 0 Å². The number of benzene rings is 1. The van der Waals surface area contributed by atoms with Gasteiger partial charge in [-0.15, -0.1) is 0 Å². The molecular weight excluding hydrogens is 162 g/mol. The molecule has 0 bridgehead atoms. The minimum Gasteiger partial charge on any atom is -0.372 e. The molecule has 1 aromatic heterocycles. The van der Waals surface area contributed by atoms with E-state index in [2.05, 4.69) is 23.2 Å². The zero-order valence-electron chi connectivity index (χ0n) is 7.16. The molecule has 64 valence electrons. The fourth-order valence-electron chi connectivity index (χ4n) is 1.75. The van der Waals surface area contributed by atoms with Crippen molar-refractivity contribution in [2.45, 2.75) is 13.2 Å². The first kappa shape index (κ1) is 7.04. The predicted octanol–water partition coefficient (Wildman–Crippen LogP) is 2.26. The first-order chi connectivity index (χ1) is 6.43. The monoisotopic (exact) mass is 171 g/mol. The molecule has 2 aromatic rings. The molecule has 2 heterocycles. The molecule has 1 aliphatic rings. The number of rotatable bonds is 0. The quantitative estimate of drug-likeness (QED) is 0.606. The zero-order valence-corrected chi connectivity index (χ0v) is 7.16. The van der Waals surface area contributed by atoms with Crippen molar-refractivity contribution in [3.05, 3.63) is 41.6 Å². The van der Waals surface area contributed by atoms with Crippen molar-refractivity contribution in [3.8, 4) is 0 Å². The highest BCUT2D eigenvalue weighted by Crippen LogP contribution is 2.24. The van der Waals surface area contributed by atoms with E-state index in [1.165, 1.54) is 16.5 Å². The molecule has 0 unspecified atom stereocenters. The summed E-state index contributed by atoms with van der Waals surface area (Å²) in [4.78, 5) is 4.30. The summed E-state index contributed by atoms with van der Waals surface area (Å²) < 4.78 is 5.36. The van der Waals surface area contributed by atoms with Crippen molar-refractivity contribution >= 4 is 10.9 Å². The predicted molar refractivity (Wildman–Crippen MR) is 50.2 cm³/mol. The van der Waals surface area contributed by atoms with Gasteiger partial charge in [-0.2, -0.15) is 0 Å². The molecular formula is C11H9NO. The summed E-state index contributed by atoms with van der Waals surface area (Å²) in [6.07, 6.45) is 1.82. The summed E-state index contributed by atoms with van der Waals surface area (Å²) in [5.41, 5.74) is 3.65. The number of nitrogens with zero attached hydrogens (tertiary/aromatic N) is 1. The van der Waals surface area contributed by atoms with Gasteiger partial charge in [0.25, 0.3) is 0 Å². The van der Waals surface area contributed by atoms with Crippen LogP contribution in [0.5, 0.6) is 0 Å². The Hall–Kier alpha value is -1.41. The summed E-state index contributed by atoms with van der Waals surface area (Å²) >= 11 is 0. The Balaban J connectivity index is 2.36. The number of pyridine rings is 1. The van der Waals surface area contributed by atoms with Crippen molar-refractivity contribution in [1.29, 1.82) is 0 Å². The Morgan fingerprint density at radius 2 is 2.00 bits per heavy atom. The van der Waals surface area contributed by atoms with Crippen LogP contribution in [0.15, 0.2) is 30.5 Å². The van der Waals surface area contributed by atoms with Crippen molar-refractivity contribution in [3.63, 3.8) is 0 Å². The lowest BCUT2D eigenvalue weighted by atomic mass is 10.1. The van der Waals surface area contributed by atoms with Gasteiger partial charge in [0, 0.05) is 11.6 Å². The van der Waals surface area contributed by atoms with Gasteiger partial charge in [-0.3, -0.25) is 4.98 Å². The lowest BCUT2D eigenvalue weighted by Gasteiger charge is -1.99. The standard InChI is InChI=1S/C11H9NO/c1-2-8-4-9-6-13-7-10(9)5-11(8)12-3-1/h1-5H,6-7H2. The second kappa shape index (κ2) is 2.54. The van der Waals surface area contributed by atoms with Gasteiger partial charge in [0.1, 0.15) is 0 Å². The molecule has 0 amide bonds. The van der Waals surface area contributed by atoms with Crippen LogP contribution in [-0.4, -0.2) is 4.98 Å². The van der Waals surface area contributed by atoms with Gasteiger partial charge in [0.15, 0.2) is 0 Å². The maximum atomic E-state index is 5.36. The van der Waals surface area contributed by atoms with Gasteiger partial charge in [-0.05, 0) is 29.3 Å². The average molecular weight is 171 g/mol. The van der Waals surface area contributed by atoms with Crippen LogP contribution in [-0.2, 0) is 18.0 Å². The van der Waals surface area contributed by atoms with Crippen LogP contribution in [0.2, 0.25) is 0 Å². The smallest absolute Gasteiger partial charge is 0.0725 e. The largest absolute Gasteiger partial charge is 0.372 e. The van der Waals surface area contributed by atoms with E-state index in [0.717, 1.165) is 18.7 Å². The van der Waals surface area contributed by atoms with Gasteiger partial charge >= 0.3 is 0 Å². The van der Waals surface area contributed by atoms with Gasteiger partial charge in [-0.25, -0.2) is 0 Å². The van der Waals surface area contributed by atoms with Crippen LogP contribution in [0.1, 0.15) is 11.1 Å². The molecule has 0 radical (unpaired) electrons. The number of ether oxygens (including phenoxy) is 1. The second-order valence-electron chi connectivity index (χ2n) is 3.31. The fourth-order valence-corrected chi connectivity index (χ4v) is 1.75. The lowest BCUT2D eigenvalue weighted by molar-refractivity contribution is 0.134. The Labute approximate surface area is 76.2 Å². The molecule has 0 aliphatic carbocycles. The molecule has 1 aliphatic heterocycles. The maximum absolute atomic E-state index is 5.36. The van der Waals surface area contributed by atoms with Crippen molar-refractivity contribution in [2.75, 3.05) is 0 Å². The van der Waals surface area contributed by atoms with E-state index in [-0.39, 0.29) is 0 Å². The Bertz CT molecular complexity index is 422. The Morgan fingerprint density at radius 1 is 1.15 bits per heavy atom. The minimum atomic E-state index is 0.738. The zero-order chi connectivity index (χ0) is 8.67. The summed E-state index contributed by atoms with van der Waals surface area (Å²) in [7, 11) is 0. The van der Waals surface area contributed by atoms with E-state index in [1.54, 1.807) is 0 Å². The molecule has 2 nitrogen and oxygen atoms in total. The molecule has 13 heavy (non-hydrogen) atoms. The Kier molecular flexibility index (Phi) is 1.37. The average Bonchev–Trinajstić information content (AvgIpc) is 2.61. The van der Waals surface area contributed by atoms with Gasteiger partial charge in [0.05, 0.1) is 18.7 Å². The van der Waals surface area contributed by atoms with E-state index in [4.69, 9.17) is 4.74 Å². The highest BCUT2D eigenvalue weighted by Gasteiger charge is 2.11. The van der Waals surface area contributed by atoms with Crippen molar-refractivity contribution in [2.24, 2.45) is 0 Å². The van der Waals surface area contributed by atoms with Crippen LogP contribution < -0.4 is 0 Å². The van der Waals surface area contributed by atoms with E-state index in [9.17, 15) is 0 Å². The van der Waals surface area contributed by atoms with Gasteiger partial charge < -0.3 is 4.74 Å². The van der Waals surface area contributed by atoms with Crippen LogP contribution in [0.25, 0.3) is 10.9 Å². The van der Waals surface area contributed by atoms with Crippen LogP contribution in [0.4, 0.5) is 0 Å². The SMILES string of the molecule is c1cnc2cc3c(cc2c1)COC3. The molecule has 2 heteroatoms. The van der Waals surface area contributed by atoms with Crippen LogP contribution >= 0.6 is 0 Å². The molecule has 0 saturated heterocycles. The fraction of sp³-hybridized carbons (Fsp3) is 0.182. The van der Waals surface area contributed by atoms with E-state index in [0.29, 0.717) is 0 Å². The second-order valence-corrected chi connectivity index (χ2v) is 3.31. The van der Waals surface area contributed by atoms with Crippen molar-refractivity contribution in [1.82, 2.24) is 4.98 Å². The summed E-state index contributed by atoms with van der Waals surface area (Å²) in [6, 6.07) is 8.34. The van der Waals surface area contributed by atoms with Gasteiger partial charge in [0.2, 0.25) is 0 Å². The first-order valence-electron chi connectivity index (χ1n) is 4.38. The summed E-state index contributed by atoms with van der Waals surface area (Å²) in [5, 5.41) is 1.20. The first-order valence-corrected chi connectivity index (χ1v) is 4.38. The topological polar surface area (TPSA) is 22.1 Å². The molecule has 0 saturated carbocycles. The third-order valence-corrected chi connectivity index (χ3v) is 2.44. The van der Waals surface area contributed by atoms with Gasteiger partial charge in [-0.1, -0.05) is 6.07 Å². The third kappa shape index (κ3) is 1.03. The number of hydrogen-bond donors (Lipinski definition) is 0. The normalized spacial score (nSPS) is 14.8. The van der Waals surface area contributed by atoms with E-state index < -0.39 is 0 Å². The molecule has 1 aromatic carbocycles. The minimum absolute atomic E-state index is 0.738. The number of hydrogen-bond acceptors (Lipinski definition) is 2. The van der Waals surface area contributed by atoms with E-state index >= 15 is 0 Å². The lowest BCUT2D eigenvalue weighted by Crippen LogP contribution is -1.84. The number of aromatic nitrogens is 1. The van der Waals surface area contributed by atoms with E-state index in [1.807, 2.05) is 12.3 Å². The summed E-state index contributed by atoms with van der Waals surface area (Å²) in [6.45, 7) is 1.49.